The summed E-state index contributed by atoms with van der Waals surface area (Å²) >= 11 is 3.44. The molecule has 0 amide bonds. The Balaban J connectivity index is 2.69. The minimum Gasteiger partial charge on any atom is -0.390 e. The standard InChI is InChI=1S/C10H13BrN2/c1-8-2-3-10(11)6-9(8)4-5-13-7-12/h2-3,6-7H,4-5H2,1H3,(H2,12,13). The first-order valence-corrected chi connectivity index (χ1v) is 4.98. The highest BCUT2D eigenvalue weighted by molar-refractivity contribution is 9.10. The van der Waals surface area contributed by atoms with Crippen molar-refractivity contribution in [1.82, 2.24) is 0 Å². The lowest BCUT2D eigenvalue weighted by Crippen LogP contribution is -1.96. The molecule has 0 bridgehead atoms. The average molecular weight is 241 g/mol. The molecule has 0 atom stereocenters. The fourth-order valence-electron chi connectivity index (χ4n) is 1.17. The summed E-state index contributed by atoms with van der Waals surface area (Å²) in [6.07, 6.45) is 2.30. The molecule has 0 aromatic heterocycles. The van der Waals surface area contributed by atoms with E-state index in [-0.39, 0.29) is 0 Å². The summed E-state index contributed by atoms with van der Waals surface area (Å²) in [5, 5.41) is 0. The number of hydrogen-bond acceptors (Lipinski definition) is 1. The maximum Gasteiger partial charge on any atom is 0.0797 e. The van der Waals surface area contributed by atoms with E-state index in [2.05, 4.69) is 40.0 Å². The summed E-state index contributed by atoms with van der Waals surface area (Å²) < 4.78 is 1.12. The van der Waals surface area contributed by atoms with Gasteiger partial charge in [-0.1, -0.05) is 22.0 Å². The molecule has 0 unspecified atom stereocenters. The van der Waals surface area contributed by atoms with E-state index < -0.39 is 0 Å². The summed E-state index contributed by atoms with van der Waals surface area (Å²) in [7, 11) is 0. The summed E-state index contributed by atoms with van der Waals surface area (Å²) in [6, 6.07) is 6.28. The van der Waals surface area contributed by atoms with Gasteiger partial charge in [0.15, 0.2) is 0 Å². The highest BCUT2D eigenvalue weighted by Crippen LogP contribution is 2.16. The first-order chi connectivity index (χ1) is 6.24. The molecule has 3 heteroatoms. The molecule has 0 spiro atoms. The van der Waals surface area contributed by atoms with Crippen LogP contribution in [-0.4, -0.2) is 12.9 Å². The molecule has 1 aromatic carbocycles. The predicted molar refractivity (Wildman–Crippen MR) is 60.1 cm³/mol. The van der Waals surface area contributed by atoms with Crippen LogP contribution < -0.4 is 5.73 Å². The molecule has 13 heavy (non-hydrogen) atoms. The average Bonchev–Trinajstić information content (AvgIpc) is 2.11. The fourth-order valence-corrected chi connectivity index (χ4v) is 1.58. The lowest BCUT2D eigenvalue weighted by atomic mass is 10.1. The van der Waals surface area contributed by atoms with Crippen molar-refractivity contribution in [2.75, 3.05) is 6.54 Å². The molecule has 0 aliphatic heterocycles. The number of aryl methyl sites for hydroxylation is 1. The van der Waals surface area contributed by atoms with Crippen LogP contribution in [0.15, 0.2) is 27.7 Å². The van der Waals surface area contributed by atoms with Crippen LogP contribution in [0.25, 0.3) is 0 Å². The molecule has 1 rings (SSSR count). The van der Waals surface area contributed by atoms with Gasteiger partial charge in [0.05, 0.1) is 6.34 Å². The Morgan fingerprint density at radius 1 is 1.54 bits per heavy atom. The third-order valence-electron chi connectivity index (χ3n) is 1.93. The van der Waals surface area contributed by atoms with Crippen molar-refractivity contribution >= 4 is 22.3 Å². The van der Waals surface area contributed by atoms with Gasteiger partial charge in [-0.15, -0.1) is 0 Å². The summed E-state index contributed by atoms with van der Waals surface area (Å²) in [5.41, 5.74) is 7.78. The Kier molecular flexibility index (Phi) is 3.96. The first kappa shape index (κ1) is 10.3. The van der Waals surface area contributed by atoms with Gasteiger partial charge in [0.25, 0.3) is 0 Å². The third kappa shape index (κ3) is 3.19. The summed E-state index contributed by atoms with van der Waals surface area (Å²) in [6.45, 7) is 2.86. The first-order valence-electron chi connectivity index (χ1n) is 4.19. The minimum absolute atomic E-state index is 0.758. The van der Waals surface area contributed by atoms with Gasteiger partial charge in [0, 0.05) is 11.0 Å². The molecule has 70 valence electrons. The van der Waals surface area contributed by atoms with E-state index in [0.29, 0.717) is 0 Å². The van der Waals surface area contributed by atoms with Crippen LogP contribution in [0.2, 0.25) is 0 Å². The number of halogens is 1. The topological polar surface area (TPSA) is 38.4 Å². The van der Waals surface area contributed by atoms with Crippen molar-refractivity contribution in [3.8, 4) is 0 Å². The number of benzene rings is 1. The zero-order valence-corrected chi connectivity index (χ0v) is 9.21. The summed E-state index contributed by atoms with van der Waals surface area (Å²) in [4.78, 5) is 3.98. The monoisotopic (exact) mass is 240 g/mol. The molecule has 0 saturated carbocycles. The molecular formula is C10H13BrN2. The van der Waals surface area contributed by atoms with E-state index in [1.165, 1.54) is 17.5 Å². The van der Waals surface area contributed by atoms with Gasteiger partial charge in [-0.2, -0.15) is 0 Å². The normalized spacial score (nSPS) is 10.9. The maximum absolute atomic E-state index is 5.16. The van der Waals surface area contributed by atoms with Crippen LogP contribution in [0.5, 0.6) is 0 Å². The van der Waals surface area contributed by atoms with Gasteiger partial charge >= 0.3 is 0 Å². The molecule has 2 N–H and O–H groups in total. The Labute approximate surface area is 87.0 Å². The predicted octanol–water partition coefficient (Wildman–Crippen LogP) is 2.29. The van der Waals surface area contributed by atoms with E-state index >= 15 is 0 Å². The van der Waals surface area contributed by atoms with Crippen molar-refractivity contribution in [3.05, 3.63) is 33.8 Å². The second-order valence-corrected chi connectivity index (χ2v) is 3.79. The highest BCUT2D eigenvalue weighted by Gasteiger charge is 1.97. The molecule has 0 aliphatic carbocycles. The van der Waals surface area contributed by atoms with Crippen molar-refractivity contribution in [2.24, 2.45) is 10.7 Å². The molecular weight excluding hydrogens is 228 g/mol. The zero-order chi connectivity index (χ0) is 9.68. The smallest absolute Gasteiger partial charge is 0.0797 e. The maximum atomic E-state index is 5.16. The van der Waals surface area contributed by atoms with Crippen LogP contribution in [0, 0.1) is 6.92 Å². The van der Waals surface area contributed by atoms with Crippen molar-refractivity contribution in [3.63, 3.8) is 0 Å². The van der Waals surface area contributed by atoms with Crippen LogP contribution >= 0.6 is 15.9 Å². The van der Waals surface area contributed by atoms with Crippen molar-refractivity contribution in [2.45, 2.75) is 13.3 Å². The van der Waals surface area contributed by atoms with E-state index in [4.69, 9.17) is 5.73 Å². The molecule has 0 radical (unpaired) electrons. The van der Waals surface area contributed by atoms with Gasteiger partial charge in [0.1, 0.15) is 0 Å². The molecule has 0 saturated heterocycles. The highest BCUT2D eigenvalue weighted by atomic mass is 79.9. The second kappa shape index (κ2) is 5.02. The van der Waals surface area contributed by atoms with Gasteiger partial charge in [-0.05, 0) is 36.6 Å². The molecule has 1 aromatic rings. The van der Waals surface area contributed by atoms with Crippen LogP contribution in [-0.2, 0) is 6.42 Å². The van der Waals surface area contributed by atoms with Crippen molar-refractivity contribution in [1.29, 1.82) is 0 Å². The molecule has 0 fully saturated rings. The van der Waals surface area contributed by atoms with Gasteiger partial charge in [-0.25, -0.2) is 0 Å². The molecule has 0 aliphatic rings. The van der Waals surface area contributed by atoms with Crippen LogP contribution in [0.4, 0.5) is 0 Å². The second-order valence-electron chi connectivity index (χ2n) is 2.88. The van der Waals surface area contributed by atoms with Gasteiger partial charge in [-0.3, -0.25) is 4.99 Å². The van der Waals surface area contributed by atoms with E-state index in [1.54, 1.807) is 0 Å². The lowest BCUT2D eigenvalue weighted by Gasteiger charge is -2.03. The number of nitrogens with two attached hydrogens (primary N) is 1. The zero-order valence-electron chi connectivity index (χ0n) is 7.63. The SMILES string of the molecule is Cc1ccc(Br)cc1CCN=CN. The lowest BCUT2D eigenvalue weighted by molar-refractivity contribution is 0.959. The Bertz CT molecular complexity index is 308. The molecule has 0 heterocycles. The van der Waals surface area contributed by atoms with Crippen molar-refractivity contribution < 1.29 is 0 Å². The number of rotatable bonds is 3. The van der Waals surface area contributed by atoms with Crippen LogP contribution in [0.3, 0.4) is 0 Å². The van der Waals surface area contributed by atoms with E-state index in [9.17, 15) is 0 Å². The quantitative estimate of drug-likeness (QED) is 0.639. The fraction of sp³-hybridized carbons (Fsp3) is 0.300. The van der Waals surface area contributed by atoms with E-state index in [0.717, 1.165) is 17.4 Å². The Morgan fingerprint density at radius 2 is 2.31 bits per heavy atom. The minimum atomic E-state index is 0.758. The number of nitrogens with zero attached hydrogens (tertiary/aromatic N) is 1. The van der Waals surface area contributed by atoms with Crippen LogP contribution in [0.1, 0.15) is 11.1 Å². The third-order valence-corrected chi connectivity index (χ3v) is 2.42. The number of aliphatic imine (C=N–C) groups is 1. The van der Waals surface area contributed by atoms with Gasteiger partial charge < -0.3 is 5.73 Å². The Morgan fingerprint density at radius 3 is 3.00 bits per heavy atom. The van der Waals surface area contributed by atoms with E-state index in [1.807, 2.05) is 6.07 Å². The summed E-state index contributed by atoms with van der Waals surface area (Å²) in [5.74, 6) is 0. The number of hydrogen-bond donors (Lipinski definition) is 1. The largest absolute Gasteiger partial charge is 0.390 e. The molecule has 2 nitrogen and oxygen atoms in total. The Hall–Kier alpha value is -0.830. The van der Waals surface area contributed by atoms with Gasteiger partial charge in [0.2, 0.25) is 0 Å².